The van der Waals surface area contributed by atoms with Gasteiger partial charge >= 0.3 is 0 Å². The molecule has 0 spiro atoms. The Balaban J connectivity index is 1.48. The number of nitrogens with zero attached hydrogens (tertiary/aromatic N) is 1. The fraction of sp³-hybridized carbons (Fsp3) is 0.727. The molecule has 1 saturated heterocycles. The van der Waals surface area contributed by atoms with Crippen LogP contribution < -0.4 is 4.72 Å². The summed E-state index contributed by atoms with van der Waals surface area (Å²) in [4.78, 5) is 2.52. The number of nitrogens with one attached hydrogen (secondary N) is 1. The van der Waals surface area contributed by atoms with E-state index in [2.05, 4.69) is 15.7 Å². The van der Waals surface area contributed by atoms with Gasteiger partial charge in [-0.2, -0.15) is 0 Å². The largest absolute Gasteiger partial charge is 0.389 e. The number of rotatable bonds is 8. The minimum atomic E-state index is -3.40. The molecule has 0 amide bonds. The van der Waals surface area contributed by atoms with E-state index in [-0.39, 0.29) is 17.8 Å². The van der Waals surface area contributed by atoms with Crippen molar-refractivity contribution in [3.05, 3.63) is 29.8 Å². The maximum absolute atomic E-state index is 12.2. The monoisotopic (exact) mass is 422 g/mol. The lowest BCUT2D eigenvalue weighted by Gasteiger charge is -2.53. The zero-order valence-corrected chi connectivity index (χ0v) is 18.2. The second-order valence-corrected chi connectivity index (χ2v) is 11.2. The number of hydrogen-bond donors (Lipinski definition) is 2. The van der Waals surface area contributed by atoms with Gasteiger partial charge < -0.3 is 9.84 Å². The molecule has 3 fully saturated rings. The smallest absolute Gasteiger partial charge is 0.234 e. The molecule has 2 unspecified atom stereocenters. The minimum absolute atomic E-state index is 0.0428. The average Bonchev–Trinajstić information content (AvgIpc) is 2.68. The van der Waals surface area contributed by atoms with Crippen LogP contribution >= 0.6 is 0 Å². The Morgan fingerprint density at radius 3 is 2.79 bits per heavy atom. The first-order valence-corrected chi connectivity index (χ1v) is 12.5. The number of aliphatic hydroxyl groups is 1. The Morgan fingerprint density at radius 2 is 2.07 bits per heavy atom. The molecule has 162 valence electrons. The molecule has 3 aliphatic rings. The summed E-state index contributed by atoms with van der Waals surface area (Å²) in [6.07, 6.45) is 8.72. The highest BCUT2D eigenvalue weighted by Crippen LogP contribution is 2.48. The van der Waals surface area contributed by atoms with Crippen molar-refractivity contribution < 1.29 is 18.3 Å². The molecule has 1 aromatic rings. The Labute approximate surface area is 174 Å². The number of methoxy groups -OCH3 is 1. The van der Waals surface area contributed by atoms with Crippen LogP contribution in [-0.2, 0) is 20.2 Å². The van der Waals surface area contributed by atoms with Crippen molar-refractivity contribution in [2.45, 2.75) is 68.4 Å². The van der Waals surface area contributed by atoms with Gasteiger partial charge in [0.2, 0.25) is 10.0 Å². The van der Waals surface area contributed by atoms with Crippen molar-refractivity contribution in [2.24, 2.45) is 0 Å². The van der Waals surface area contributed by atoms with Crippen LogP contribution in [0.5, 0.6) is 0 Å². The topological polar surface area (TPSA) is 78.9 Å². The molecule has 2 N–H and O–H groups in total. The van der Waals surface area contributed by atoms with Gasteiger partial charge in [-0.1, -0.05) is 18.6 Å². The number of benzene rings is 1. The molecule has 6 nitrogen and oxygen atoms in total. The molecule has 1 aliphatic heterocycles. The Kier molecular flexibility index (Phi) is 5.95. The number of hydrogen-bond acceptors (Lipinski definition) is 5. The number of piperidine rings is 1. The number of ether oxygens (including phenoxy) is 1. The van der Waals surface area contributed by atoms with E-state index in [0.717, 1.165) is 51.6 Å². The molecular weight excluding hydrogens is 388 g/mol. The van der Waals surface area contributed by atoms with E-state index in [4.69, 9.17) is 4.74 Å². The minimum Gasteiger partial charge on any atom is -0.389 e. The number of fused-ring (bicyclic) bond motifs is 2. The third-order valence-corrected chi connectivity index (χ3v) is 8.55. The van der Waals surface area contributed by atoms with E-state index in [1.165, 1.54) is 25.5 Å². The molecular formula is C22H34N2O4S. The number of likely N-dealkylation sites (tertiary alicyclic amines) is 1. The predicted octanol–water partition coefficient (Wildman–Crippen LogP) is 2.88. The third-order valence-electron chi connectivity index (χ3n) is 7.30. The van der Waals surface area contributed by atoms with Crippen LogP contribution in [0, 0.1) is 0 Å². The van der Waals surface area contributed by atoms with Crippen LogP contribution in [0.15, 0.2) is 24.3 Å². The van der Waals surface area contributed by atoms with Gasteiger partial charge in [-0.05, 0) is 74.6 Å². The quantitative estimate of drug-likeness (QED) is 0.674. The molecule has 2 bridgehead atoms. The van der Waals surface area contributed by atoms with Crippen molar-refractivity contribution in [3.8, 4) is 0 Å². The van der Waals surface area contributed by atoms with Crippen molar-refractivity contribution in [1.82, 2.24) is 4.90 Å². The average molecular weight is 423 g/mol. The summed E-state index contributed by atoms with van der Waals surface area (Å²) in [7, 11) is -1.90. The van der Waals surface area contributed by atoms with E-state index in [0.29, 0.717) is 11.7 Å². The van der Waals surface area contributed by atoms with Gasteiger partial charge in [0.1, 0.15) is 0 Å². The molecule has 2 aliphatic carbocycles. The van der Waals surface area contributed by atoms with E-state index in [9.17, 15) is 13.5 Å². The van der Waals surface area contributed by atoms with Crippen molar-refractivity contribution >= 4 is 15.7 Å². The van der Waals surface area contributed by atoms with E-state index >= 15 is 0 Å². The first-order valence-electron chi connectivity index (χ1n) is 10.9. The highest BCUT2D eigenvalue weighted by Gasteiger charge is 2.46. The first kappa shape index (κ1) is 21.1. The third kappa shape index (κ3) is 4.63. The molecule has 1 aromatic carbocycles. The fourth-order valence-electron chi connectivity index (χ4n) is 5.48. The Hall–Kier alpha value is -1.15. The van der Waals surface area contributed by atoms with E-state index < -0.39 is 15.6 Å². The van der Waals surface area contributed by atoms with Gasteiger partial charge in [0.15, 0.2) is 0 Å². The highest BCUT2D eigenvalue weighted by atomic mass is 32.2. The Morgan fingerprint density at radius 1 is 1.24 bits per heavy atom. The van der Waals surface area contributed by atoms with Crippen molar-refractivity contribution in [1.29, 1.82) is 0 Å². The zero-order chi connectivity index (χ0) is 20.5. The second-order valence-electron chi connectivity index (χ2n) is 9.32. The number of β-amino-alcohol motifs (C(OH)–C–C–N with tert-alkyl or cyclic N) is 1. The summed E-state index contributed by atoms with van der Waals surface area (Å²) >= 11 is 0. The highest BCUT2D eigenvalue weighted by molar-refractivity contribution is 7.92. The standard InChI is InChI=1S/C22H34N2O4S/c1-28-13-14-29(26,27)23-19-6-2-5-18(15-19)21-8-3-7-20(16-21)24(12-11-21)17-22(25)9-4-10-22/h2,5-6,15,20,23,25H,3-4,7-14,16-17H2,1H3. The van der Waals surface area contributed by atoms with Crippen molar-refractivity contribution in [3.63, 3.8) is 0 Å². The predicted molar refractivity (Wildman–Crippen MR) is 115 cm³/mol. The molecule has 4 rings (SSSR count). The van der Waals surface area contributed by atoms with Gasteiger partial charge in [0, 0.05) is 25.4 Å². The molecule has 0 radical (unpaired) electrons. The first-order chi connectivity index (χ1) is 13.8. The van der Waals surface area contributed by atoms with Gasteiger partial charge in [0.05, 0.1) is 18.0 Å². The molecule has 2 saturated carbocycles. The van der Waals surface area contributed by atoms with Crippen LogP contribution in [0.25, 0.3) is 0 Å². The summed E-state index contributed by atoms with van der Waals surface area (Å²) in [5, 5.41) is 10.6. The van der Waals surface area contributed by atoms with Crippen LogP contribution in [0.1, 0.15) is 56.9 Å². The van der Waals surface area contributed by atoms with E-state index in [1.807, 2.05) is 18.2 Å². The summed E-state index contributed by atoms with van der Waals surface area (Å²) in [5.41, 5.74) is 1.55. The SMILES string of the molecule is COCCS(=O)(=O)Nc1cccc(C23CCCC(C2)N(CC2(O)CCC2)CC3)c1. The van der Waals surface area contributed by atoms with Gasteiger partial charge in [-0.25, -0.2) is 8.42 Å². The van der Waals surface area contributed by atoms with Gasteiger partial charge in [-0.3, -0.25) is 9.62 Å². The lowest BCUT2D eigenvalue weighted by atomic mass is 9.63. The maximum Gasteiger partial charge on any atom is 0.234 e. The molecule has 29 heavy (non-hydrogen) atoms. The van der Waals surface area contributed by atoms with Crippen LogP contribution in [-0.4, -0.2) is 62.6 Å². The van der Waals surface area contributed by atoms with Gasteiger partial charge in [-0.15, -0.1) is 0 Å². The lowest BCUT2D eigenvalue weighted by Crippen LogP contribution is -2.57. The molecule has 7 heteroatoms. The fourth-order valence-corrected chi connectivity index (χ4v) is 6.46. The molecule has 2 atom stereocenters. The lowest BCUT2D eigenvalue weighted by molar-refractivity contribution is -0.0825. The normalized spacial score (nSPS) is 29.2. The van der Waals surface area contributed by atoms with E-state index in [1.54, 1.807) is 0 Å². The Bertz CT molecular complexity index is 824. The summed E-state index contributed by atoms with van der Waals surface area (Å²) < 4.78 is 32.1. The van der Waals surface area contributed by atoms with Gasteiger partial charge in [0.25, 0.3) is 0 Å². The van der Waals surface area contributed by atoms with Crippen LogP contribution in [0.3, 0.4) is 0 Å². The molecule has 0 aromatic heterocycles. The maximum atomic E-state index is 12.2. The molecule has 1 heterocycles. The zero-order valence-electron chi connectivity index (χ0n) is 17.4. The van der Waals surface area contributed by atoms with Crippen LogP contribution in [0.4, 0.5) is 5.69 Å². The number of sulfonamides is 1. The summed E-state index contributed by atoms with van der Waals surface area (Å²) in [6, 6.07) is 8.49. The summed E-state index contributed by atoms with van der Waals surface area (Å²) in [6.45, 7) is 2.01. The van der Waals surface area contributed by atoms with Crippen LogP contribution in [0.2, 0.25) is 0 Å². The second kappa shape index (κ2) is 8.17. The summed E-state index contributed by atoms with van der Waals surface area (Å²) in [5.74, 6) is -0.0428. The van der Waals surface area contributed by atoms with Crippen molar-refractivity contribution in [2.75, 3.05) is 37.3 Å². The number of anilines is 1.